The SMILES string of the molecule is Cc1oc(-c2ccccc2)nc1CCOc1ccc(C[C@H](NC(=O)C=Cc2ccc(F)c(F)c2)C(=O)O)cc1. The summed E-state index contributed by atoms with van der Waals surface area (Å²) in [5.74, 6) is -2.02. The molecule has 0 bridgehead atoms. The second-order valence-corrected chi connectivity index (χ2v) is 8.74. The maximum atomic E-state index is 13.3. The van der Waals surface area contributed by atoms with Gasteiger partial charge < -0.3 is 19.6 Å². The second kappa shape index (κ2) is 12.6. The Kier molecular flexibility index (Phi) is 8.83. The van der Waals surface area contributed by atoms with Crippen molar-refractivity contribution in [2.24, 2.45) is 0 Å². The first-order valence-electron chi connectivity index (χ1n) is 12.2. The summed E-state index contributed by atoms with van der Waals surface area (Å²) in [6, 6.07) is 18.5. The molecule has 1 heterocycles. The van der Waals surface area contributed by atoms with E-state index in [0.29, 0.717) is 30.2 Å². The number of aliphatic carboxylic acids is 1. The molecule has 0 saturated heterocycles. The number of ether oxygens (including phenoxy) is 1. The van der Waals surface area contributed by atoms with E-state index in [1.165, 1.54) is 12.1 Å². The molecule has 0 unspecified atom stereocenters. The zero-order valence-electron chi connectivity index (χ0n) is 21.1. The fourth-order valence-electron chi connectivity index (χ4n) is 3.80. The lowest BCUT2D eigenvalue weighted by Crippen LogP contribution is -2.41. The molecule has 0 aliphatic carbocycles. The van der Waals surface area contributed by atoms with Gasteiger partial charge in [0.1, 0.15) is 17.6 Å². The van der Waals surface area contributed by atoms with Crippen LogP contribution in [0.4, 0.5) is 8.78 Å². The zero-order chi connectivity index (χ0) is 27.8. The third-order valence-corrected chi connectivity index (χ3v) is 5.87. The van der Waals surface area contributed by atoms with Crippen molar-refractivity contribution in [1.29, 1.82) is 0 Å². The van der Waals surface area contributed by atoms with Gasteiger partial charge in [-0.25, -0.2) is 18.6 Å². The number of oxazole rings is 1. The summed E-state index contributed by atoms with van der Waals surface area (Å²) < 4.78 is 37.9. The Morgan fingerprint density at radius 3 is 2.49 bits per heavy atom. The molecular weight excluding hydrogens is 506 g/mol. The normalized spacial score (nSPS) is 11.9. The third-order valence-electron chi connectivity index (χ3n) is 5.87. The molecule has 1 aromatic heterocycles. The van der Waals surface area contributed by atoms with Gasteiger partial charge in [0.05, 0.1) is 12.3 Å². The Morgan fingerprint density at radius 1 is 1.05 bits per heavy atom. The number of aromatic nitrogens is 1. The van der Waals surface area contributed by atoms with E-state index in [-0.39, 0.29) is 12.0 Å². The van der Waals surface area contributed by atoms with E-state index >= 15 is 0 Å². The Labute approximate surface area is 223 Å². The summed E-state index contributed by atoms with van der Waals surface area (Å²) >= 11 is 0. The van der Waals surface area contributed by atoms with Gasteiger partial charge in [0.25, 0.3) is 0 Å². The number of rotatable bonds is 11. The molecule has 2 N–H and O–H groups in total. The van der Waals surface area contributed by atoms with Crippen LogP contribution in [0.3, 0.4) is 0 Å². The molecule has 0 fully saturated rings. The number of aryl methyl sites for hydroxylation is 1. The number of halogens is 2. The van der Waals surface area contributed by atoms with Crippen molar-refractivity contribution in [3.05, 3.63) is 113 Å². The van der Waals surface area contributed by atoms with E-state index < -0.39 is 29.6 Å². The minimum Gasteiger partial charge on any atom is -0.493 e. The number of carboxylic acids is 1. The van der Waals surface area contributed by atoms with Gasteiger partial charge in [0, 0.05) is 24.5 Å². The van der Waals surface area contributed by atoms with Crippen LogP contribution < -0.4 is 10.1 Å². The molecule has 1 atom stereocenters. The van der Waals surface area contributed by atoms with Crippen LogP contribution in [0.1, 0.15) is 22.6 Å². The minimum absolute atomic E-state index is 0.0424. The van der Waals surface area contributed by atoms with Crippen LogP contribution in [0.2, 0.25) is 0 Å². The van der Waals surface area contributed by atoms with Crippen molar-refractivity contribution in [1.82, 2.24) is 10.3 Å². The molecule has 0 aliphatic heterocycles. The molecule has 39 heavy (non-hydrogen) atoms. The van der Waals surface area contributed by atoms with E-state index in [0.717, 1.165) is 35.2 Å². The van der Waals surface area contributed by atoms with Gasteiger partial charge in [-0.3, -0.25) is 4.79 Å². The van der Waals surface area contributed by atoms with Crippen LogP contribution in [-0.4, -0.2) is 34.6 Å². The fourth-order valence-corrected chi connectivity index (χ4v) is 3.80. The molecule has 0 spiro atoms. The minimum atomic E-state index is -1.21. The molecule has 1 amide bonds. The number of hydrogen-bond acceptors (Lipinski definition) is 5. The number of hydrogen-bond donors (Lipinski definition) is 2. The molecule has 200 valence electrons. The van der Waals surface area contributed by atoms with Crippen LogP contribution in [0.5, 0.6) is 5.75 Å². The number of nitrogens with one attached hydrogen (secondary N) is 1. The van der Waals surface area contributed by atoms with Gasteiger partial charge in [-0.15, -0.1) is 0 Å². The van der Waals surface area contributed by atoms with Gasteiger partial charge in [0.2, 0.25) is 11.8 Å². The first kappa shape index (κ1) is 27.3. The predicted molar refractivity (Wildman–Crippen MR) is 141 cm³/mol. The summed E-state index contributed by atoms with van der Waals surface area (Å²) in [5, 5.41) is 12.0. The Morgan fingerprint density at radius 2 is 1.79 bits per heavy atom. The Bertz CT molecular complexity index is 1470. The molecule has 9 heteroatoms. The van der Waals surface area contributed by atoms with Crippen molar-refractivity contribution in [3.8, 4) is 17.2 Å². The van der Waals surface area contributed by atoms with Crippen LogP contribution in [0, 0.1) is 18.6 Å². The average molecular weight is 533 g/mol. The molecule has 3 aromatic carbocycles. The van der Waals surface area contributed by atoms with Crippen LogP contribution in [-0.2, 0) is 22.4 Å². The summed E-state index contributed by atoms with van der Waals surface area (Å²) in [7, 11) is 0. The van der Waals surface area contributed by atoms with Gasteiger partial charge in [-0.2, -0.15) is 0 Å². The molecule has 4 rings (SSSR count). The number of benzene rings is 3. The summed E-state index contributed by atoms with van der Waals surface area (Å²) in [6.07, 6.45) is 2.93. The average Bonchev–Trinajstić information content (AvgIpc) is 3.30. The number of carboxylic acid groups (broad SMARTS) is 1. The quantitative estimate of drug-likeness (QED) is 0.252. The second-order valence-electron chi connectivity index (χ2n) is 8.74. The first-order chi connectivity index (χ1) is 18.8. The topological polar surface area (TPSA) is 102 Å². The zero-order valence-corrected chi connectivity index (χ0v) is 21.1. The van der Waals surface area contributed by atoms with Gasteiger partial charge in [-0.05, 0) is 60.5 Å². The van der Waals surface area contributed by atoms with E-state index in [1.54, 1.807) is 24.3 Å². The Hall–Kier alpha value is -4.79. The highest BCUT2D eigenvalue weighted by Gasteiger charge is 2.19. The molecule has 7 nitrogen and oxygen atoms in total. The lowest BCUT2D eigenvalue weighted by molar-refractivity contribution is -0.141. The van der Waals surface area contributed by atoms with Crippen molar-refractivity contribution in [3.63, 3.8) is 0 Å². The summed E-state index contributed by atoms with van der Waals surface area (Å²) in [5.41, 5.74) is 2.66. The molecule has 4 aromatic rings. The first-order valence-corrected chi connectivity index (χ1v) is 12.2. The smallest absolute Gasteiger partial charge is 0.326 e. The highest BCUT2D eigenvalue weighted by atomic mass is 19.2. The van der Waals surface area contributed by atoms with E-state index in [1.807, 2.05) is 37.3 Å². The molecular formula is C30H26F2N2O5. The van der Waals surface area contributed by atoms with Crippen molar-refractivity contribution in [2.45, 2.75) is 25.8 Å². The molecule has 0 saturated carbocycles. The van der Waals surface area contributed by atoms with Gasteiger partial charge in [-0.1, -0.05) is 36.4 Å². The van der Waals surface area contributed by atoms with Crippen molar-refractivity contribution < 1.29 is 32.6 Å². The van der Waals surface area contributed by atoms with E-state index in [2.05, 4.69) is 10.3 Å². The van der Waals surface area contributed by atoms with Crippen LogP contribution in [0.15, 0.2) is 83.3 Å². The van der Waals surface area contributed by atoms with E-state index in [4.69, 9.17) is 9.15 Å². The van der Waals surface area contributed by atoms with Crippen LogP contribution in [0.25, 0.3) is 17.5 Å². The lowest BCUT2D eigenvalue weighted by Gasteiger charge is -2.14. The summed E-state index contributed by atoms with van der Waals surface area (Å²) in [6.45, 7) is 2.23. The largest absolute Gasteiger partial charge is 0.493 e. The fraction of sp³-hybridized carbons (Fsp3) is 0.167. The molecule has 0 aliphatic rings. The third kappa shape index (κ3) is 7.61. The maximum absolute atomic E-state index is 13.3. The van der Waals surface area contributed by atoms with Gasteiger partial charge >= 0.3 is 5.97 Å². The monoisotopic (exact) mass is 532 g/mol. The number of carbonyl (C=O) groups excluding carboxylic acids is 1. The van der Waals surface area contributed by atoms with E-state index in [9.17, 15) is 23.5 Å². The van der Waals surface area contributed by atoms with Crippen molar-refractivity contribution in [2.75, 3.05) is 6.61 Å². The summed E-state index contributed by atoms with van der Waals surface area (Å²) in [4.78, 5) is 28.5. The maximum Gasteiger partial charge on any atom is 0.326 e. The highest BCUT2D eigenvalue weighted by Crippen LogP contribution is 2.22. The number of carbonyl (C=O) groups is 2. The van der Waals surface area contributed by atoms with Crippen molar-refractivity contribution >= 4 is 18.0 Å². The van der Waals surface area contributed by atoms with Gasteiger partial charge in [0.15, 0.2) is 11.6 Å². The van der Waals surface area contributed by atoms with Crippen LogP contribution >= 0.6 is 0 Å². The Balaban J connectivity index is 1.28. The molecule has 0 radical (unpaired) electrons. The number of nitrogens with zero attached hydrogens (tertiary/aromatic N) is 1. The standard InChI is InChI=1S/C30H26F2N2O5/c1-19-26(34-29(39-19)22-5-3-2-4-6-22)15-16-38-23-11-7-21(8-12-23)18-27(30(36)37)33-28(35)14-10-20-9-13-24(31)25(32)17-20/h2-14,17,27H,15-16,18H2,1H3,(H,33,35)(H,36,37)/t27-/m0/s1. The number of amides is 1. The highest BCUT2D eigenvalue weighted by molar-refractivity contribution is 5.94. The lowest BCUT2D eigenvalue weighted by atomic mass is 10.1. The predicted octanol–water partition coefficient (Wildman–Crippen LogP) is 5.38.